The highest BCUT2D eigenvalue weighted by atomic mass is 16.6. The standard InChI is InChI=1S/C19H17N3O6/c1-12(23)21-19(3,15-7-9-17(10-8-15)27-13(2)24)28-18(20-21)14-5-4-6-16(11-14)22(25)26/h4-11H,1-3H3. The number of rotatable bonds is 4. The molecule has 1 aliphatic rings. The Morgan fingerprint density at radius 3 is 2.43 bits per heavy atom. The molecule has 28 heavy (non-hydrogen) atoms. The Hall–Kier alpha value is -3.75. The predicted octanol–water partition coefficient (Wildman–Crippen LogP) is 2.93. The highest BCUT2D eigenvalue weighted by molar-refractivity contribution is 5.97. The lowest BCUT2D eigenvalue weighted by molar-refractivity contribution is -0.384. The van der Waals surface area contributed by atoms with Crippen molar-refractivity contribution in [2.75, 3.05) is 0 Å². The normalized spacial score (nSPS) is 18.2. The van der Waals surface area contributed by atoms with Gasteiger partial charge < -0.3 is 9.47 Å². The van der Waals surface area contributed by atoms with E-state index in [0.717, 1.165) is 0 Å². The molecule has 0 fully saturated rings. The van der Waals surface area contributed by atoms with E-state index >= 15 is 0 Å². The van der Waals surface area contributed by atoms with Crippen molar-refractivity contribution in [2.24, 2.45) is 5.10 Å². The fraction of sp³-hybridized carbons (Fsp3) is 0.211. The molecule has 0 spiro atoms. The number of esters is 1. The third kappa shape index (κ3) is 3.54. The second kappa shape index (κ2) is 7.10. The maximum Gasteiger partial charge on any atom is 0.308 e. The first-order chi connectivity index (χ1) is 13.2. The predicted molar refractivity (Wildman–Crippen MR) is 98.3 cm³/mol. The molecular formula is C19H17N3O6. The van der Waals surface area contributed by atoms with Crippen molar-refractivity contribution in [3.05, 3.63) is 69.8 Å². The molecule has 0 saturated carbocycles. The molecule has 2 aromatic rings. The molecule has 1 aliphatic heterocycles. The summed E-state index contributed by atoms with van der Waals surface area (Å²) < 4.78 is 11.0. The Labute approximate surface area is 160 Å². The van der Waals surface area contributed by atoms with Crippen molar-refractivity contribution in [1.82, 2.24) is 5.01 Å². The van der Waals surface area contributed by atoms with Crippen molar-refractivity contribution >= 4 is 23.5 Å². The summed E-state index contributed by atoms with van der Waals surface area (Å²) >= 11 is 0. The van der Waals surface area contributed by atoms with Gasteiger partial charge in [0.1, 0.15) is 5.75 Å². The summed E-state index contributed by atoms with van der Waals surface area (Å²) in [5.74, 6) is -0.373. The van der Waals surface area contributed by atoms with E-state index < -0.39 is 16.6 Å². The number of ether oxygens (including phenoxy) is 2. The highest BCUT2D eigenvalue weighted by Crippen LogP contribution is 2.37. The third-order valence-electron chi connectivity index (χ3n) is 4.14. The zero-order valence-electron chi connectivity index (χ0n) is 15.4. The highest BCUT2D eigenvalue weighted by Gasteiger charge is 2.45. The van der Waals surface area contributed by atoms with Crippen LogP contribution in [0.5, 0.6) is 5.75 Å². The third-order valence-corrected chi connectivity index (χ3v) is 4.14. The number of hydrogen-bond donors (Lipinski definition) is 0. The molecule has 1 atom stereocenters. The van der Waals surface area contributed by atoms with E-state index in [4.69, 9.17) is 9.47 Å². The molecular weight excluding hydrogens is 366 g/mol. The van der Waals surface area contributed by atoms with Crippen LogP contribution < -0.4 is 4.74 Å². The topological polar surface area (TPSA) is 111 Å². The number of non-ortho nitro benzene ring substituents is 1. The summed E-state index contributed by atoms with van der Waals surface area (Å²) in [6, 6.07) is 12.3. The molecule has 9 heteroatoms. The Morgan fingerprint density at radius 2 is 1.86 bits per heavy atom. The number of nitro benzene ring substituents is 1. The molecule has 1 amide bonds. The number of nitro groups is 1. The lowest BCUT2D eigenvalue weighted by atomic mass is 10.0. The van der Waals surface area contributed by atoms with Gasteiger partial charge in [0.2, 0.25) is 17.5 Å². The van der Waals surface area contributed by atoms with Gasteiger partial charge in [-0.15, -0.1) is 5.10 Å². The van der Waals surface area contributed by atoms with Gasteiger partial charge in [0, 0.05) is 44.0 Å². The van der Waals surface area contributed by atoms with Crippen molar-refractivity contribution in [1.29, 1.82) is 0 Å². The van der Waals surface area contributed by atoms with Crippen LogP contribution in [-0.4, -0.2) is 27.7 Å². The number of amides is 1. The van der Waals surface area contributed by atoms with Crippen molar-refractivity contribution < 1.29 is 24.0 Å². The van der Waals surface area contributed by atoms with Gasteiger partial charge in [-0.25, -0.2) is 0 Å². The molecule has 9 nitrogen and oxygen atoms in total. The van der Waals surface area contributed by atoms with Crippen LogP contribution in [-0.2, 0) is 20.1 Å². The fourth-order valence-electron chi connectivity index (χ4n) is 2.86. The first-order valence-electron chi connectivity index (χ1n) is 8.33. The number of nitrogens with zero attached hydrogens (tertiary/aromatic N) is 3. The van der Waals surface area contributed by atoms with Crippen LogP contribution in [0.3, 0.4) is 0 Å². The van der Waals surface area contributed by atoms with Crippen molar-refractivity contribution in [3.63, 3.8) is 0 Å². The lowest BCUT2D eigenvalue weighted by Crippen LogP contribution is -2.41. The molecule has 1 unspecified atom stereocenters. The van der Waals surface area contributed by atoms with Crippen LogP contribution in [0, 0.1) is 10.1 Å². The number of hydrazone groups is 1. The molecule has 3 rings (SSSR count). The summed E-state index contributed by atoms with van der Waals surface area (Å²) in [7, 11) is 0. The molecule has 0 N–H and O–H groups in total. The number of hydrogen-bond acceptors (Lipinski definition) is 7. The van der Waals surface area contributed by atoms with E-state index in [-0.39, 0.29) is 17.5 Å². The minimum Gasteiger partial charge on any atom is -0.443 e. The smallest absolute Gasteiger partial charge is 0.308 e. The van der Waals surface area contributed by atoms with Crippen LogP contribution >= 0.6 is 0 Å². The van der Waals surface area contributed by atoms with Crippen LogP contribution in [0.25, 0.3) is 0 Å². The SMILES string of the molecule is CC(=O)Oc1ccc(C2(C)OC(c3cccc([N+](=O)[O-])c3)=NN2C(C)=O)cc1. The minimum atomic E-state index is -1.26. The lowest BCUT2D eigenvalue weighted by Gasteiger charge is -2.31. The molecule has 0 radical (unpaired) electrons. The van der Waals surface area contributed by atoms with Crippen LogP contribution in [0.1, 0.15) is 31.9 Å². The zero-order chi connectivity index (χ0) is 20.5. The summed E-state index contributed by atoms with van der Waals surface area (Å²) in [5, 5.41) is 16.4. The average Bonchev–Trinajstić information content (AvgIpc) is 3.01. The maximum atomic E-state index is 12.2. The second-order valence-electron chi connectivity index (χ2n) is 6.25. The van der Waals surface area contributed by atoms with Gasteiger partial charge in [-0.05, 0) is 30.3 Å². The number of benzene rings is 2. The van der Waals surface area contributed by atoms with E-state index in [1.807, 2.05) is 0 Å². The van der Waals surface area contributed by atoms with E-state index in [0.29, 0.717) is 16.9 Å². The Bertz CT molecular complexity index is 985. The minimum absolute atomic E-state index is 0.0884. The van der Waals surface area contributed by atoms with Crippen molar-refractivity contribution in [3.8, 4) is 5.75 Å². The van der Waals surface area contributed by atoms with Gasteiger partial charge in [-0.2, -0.15) is 5.01 Å². The summed E-state index contributed by atoms with van der Waals surface area (Å²) in [5.41, 5.74) is -0.415. The zero-order valence-corrected chi connectivity index (χ0v) is 15.4. The van der Waals surface area contributed by atoms with Gasteiger partial charge in [-0.3, -0.25) is 19.7 Å². The Kier molecular flexibility index (Phi) is 4.83. The van der Waals surface area contributed by atoms with Crippen molar-refractivity contribution in [2.45, 2.75) is 26.5 Å². The number of carbonyl (C=O) groups excluding carboxylic acids is 2. The summed E-state index contributed by atoms with van der Waals surface area (Å²) in [6.07, 6.45) is 0. The van der Waals surface area contributed by atoms with Gasteiger partial charge >= 0.3 is 5.97 Å². The molecule has 144 valence electrons. The summed E-state index contributed by atoms with van der Waals surface area (Å²) in [4.78, 5) is 33.7. The molecule has 2 aromatic carbocycles. The molecule has 0 saturated heterocycles. The molecule has 0 aliphatic carbocycles. The van der Waals surface area contributed by atoms with Gasteiger partial charge in [0.25, 0.3) is 5.69 Å². The first-order valence-corrected chi connectivity index (χ1v) is 8.33. The first kappa shape index (κ1) is 19.0. The van der Waals surface area contributed by atoms with Crippen LogP contribution in [0.2, 0.25) is 0 Å². The fourth-order valence-corrected chi connectivity index (χ4v) is 2.86. The van der Waals surface area contributed by atoms with E-state index in [1.165, 1.54) is 37.1 Å². The maximum absolute atomic E-state index is 12.2. The molecule has 0 aromatic heterocycles. The number of carbonyl (C=O) groups is 2. The van der Waals surface area contributed by atoms with Gasteiger partial charge in [0.05, 0.1) is 4.92 Å². The van der Waals surface area contributed by atoms with Gasteiger partial charge in [-0.1, -0.05) is 6.07 Å². The van der Waals surface area contributed by atoms with Crippen LogP contribution in [0.15, 0.2) is 53.6 Å². The monoisotopic (exact) mass is 383 g/mol. The molecule has 0 bridgehead atoms. The summed E-state index contributed by atoms with van der Waals surface area (Å²) in [6.45, 7) is 4.30. The Balaban J connectivity index is 1.96. The van der Waals surface area contributed by atoms with E-state index in [1.54, 1.807) is 37.3 Å². The van der Waals surface area contributed by atoms with E-state index in [9.17, 15) is 19.7 Å². The largest absolute Gasteiger partial charge is 0.443 e. The van der Waals surface area contributed by atoms with E-state index in [2.05, 4.69) is 5.10 Å². The quantitative estimate of drug-likeness (QED) is 0.347. The van der Waals surface area contributed by atoms with Gasteiger partial charge in [0.15, 0.2) is 0 Å². The molecule has 1 heterocycles. The average molecular weight is 383 g/mol. The Morgan fingerprint density at radius 1 is 1.18 bits per heavy atom. The van der Waals surface area contributed by atoms with Crippen LogP contribution in [0.4, 0.5) is 5.69 Å². The second-order valence-corrected chi connectivity index (χ2v) is 6.25.